The van der Waals surface area contributed by atoms with Crippen LogP contribution in [0.4, 0.5) is 18.9 Å². The predicted molar refractivity (Wildman–Crippen MR) is 115 cm³/mol. The summed E-state index contributed by atoms with van der Waals surface area (Å²) in [5, 5.41) is 8.17. The van der Waals surface area contributed by atoms with Crippen molar-refractivity contribution in [3.8, 4) is 5.75 Å². The number of halogens is 3. The van der Waals surface area contributed by atoms with Crippen molar-refractivity contribution in [3.63, 3.8) is 0 Å². The van der Waals surface area contributed by atoms with Crippen LogP contribution in [0.2, 0.25) is 0 Å². The smallest absolute Gasteiger partial charge is 0.433 e. The zero-order valence-corrected chi connectivity index (χ0v) is 17.9. The molecule has 4 rings (SSSR count). The van der Waals surface area contributed by atoms with Crippen molar-refractivity contribution in [2.24, 2.45) is 5.92 Å². The number of hydrogen-bond donors (Lipinski definition) is 1. The average molecular weight is 446 g/mol. The highest BCUT2D eigenvalue weighted by Gasteiger charge is 2.33. The standard InChI is InChI=1S/C23H25F3N4O2/c1-3-32-20-12-18-15(13-30(29-18)16-9-7-14(2)8-10-16)11-19(20)28-22(31)17-5-4-6-21(27-17)23(24,25)26/h4-6,11-14,16H,3,7-10H2,1-2H3,(H,28,31). The maximum absolute atomic E-state index is 13.0. The van der Waals surface area contributed by atoms with Gasteiger partial charge >= 0.3 is 6.18 Å². The van der Waals surface area contributed by atoms with Crippen LogP contribution in [0.5, 0.6) is 5.75 Å². The fourth-order valence-electron chi connectivity index (χ4n) is 4.04. The number of carbonyl (C=O) groups excluding carboxylic acids is 1. The van der Waals surface area contributed by atoms with E-state index in [9.17, 15) is 18.0 Å². The van der Waals surface area contributed by atoms with Gasteiger partial charge in [0.15, 0.2) is 0 Å². The molecule has 2 aromatic heterocycles. The molecule has 1 aliphatic rings. The van der Waals surface area contributed by atoms with Gasteiger partial charge in [-0.1, -0.05) is 13.0 Å². The Morgan fingerprint density at radius 3 is 2.66 bits per heavy atom. The number of aromatic nitrogens is 3. The predicted octanol–water partition coefficient (Wildman–Crippen LogP) is 5.85. The van der Waals surface area contributed by atoms with Crippen molar-refractivity contribution in [1.82, 2.24) is 14.8 Å². The Morgan fingerprint density at radius 2 is 1.97 bits per heavy atom. The first-order chi connectivity index (χ1) is 15.2. The molecule has 0 saturated heterocycles. The summed E-state index contributed by atoms with van der Waals surface area (Å²) in [7, 11) is 0. The third kappa shape index (κ3) is 4.71. The van der Waals surface area contributed by atoms with E-state index < -0.39 is 17.8 Å². The van der Waals surface area contributed by atoms with E-state index in [1.807, 2.05) is 17.8 Å². The summed E-state index contributed by atoms with van der Waals surface area (Å²) >= 11 is 0. The Labute approximate surface area is 183 Å². The van der Waals surface area contributed by atoms with Crippen molar-refractivity contribution in [2.75, 3.05) is 11.9 Å². The van der Waals surface area contributed by atoms with E-state index in [1.54, 1.807) is 12.1 Å². The molecular weight excluding hydrogens is 421 g/mol. The van der Waals surface area contributed by atoms with Gasteiger partial charge in [-0.15, -0.1) is 0 Å². The second-order valence-electron chi connectivity index (χ2n) is 8.22. The number of hydrogen-bond acceptors (Lipinski definition) is 4. The third-order valence-corrected chi connectivity index (χ3v) is 5.80. The highest BCUT2D eigenvalue weighted by Crippen LogP contribution is 2.35. The van der Waals surface area contributed by atoms with Gasteiger partial charge in [0.2, 0.25) is 0 Å². The van der Waals surface area contributed by atoms with Crippen LogP contribution in [0.3, 0.4) is 0 Å². The Balaban J connectivity index is 1.62. The van der Waals surface area contributed by atoms with Crippen molar-refractivity contribution in [2.45, 2.75) is 51.7 Å². The Hall–Kier alpha value is -3.10. The molecule has 32 heavy (non-hydrogen) atoms. The summed E-state index contributed by atoms with van der Waals surface area (Å²) in [6.45, 7) is 4.43. The number of amides is 1. The monoisotopic (exact) mass is 446 g/mol. The van der Waals surface area contributed by atoms with Crippen molar-refractivity contribution < 1.29 is 22.7 Å². The Bertz CT molecular complexity index is 1120. The molecule has 0 spiro atoms. The molecule has 2 heterocycles. The van der Waals surface area contributed by atoms with Gasteiger partial charge in [0, 0.05) is 17.6 Å². The third-order valence-electron chi connectivity index (χ3n) is 5.80. The van der Waals surface area contributed by atoms with Gasteiger partial charge in [-0.05, 0) is 56.7 Å². The lowest BCUT2D eigenvalue weighted by molar-refractivity contribution is -0.141. The summed E-state index contributed by atoms with van der Waals surface area (Å²) in [4.78, 5) is 16.1. The first-order valence-electron chi connectivity index (χ1n) is 10.8. The molecule has 1 saturated carbocycles. The molecule has 170 valence electrons. The molecule has 0 bridgehead atoms. The summed E-state index contributed by atoms with van der Waals surface area (Å²) in [6.07, 6.45) is 1.78. The zero-order valence-electron chi connectivity index (χ0n) is 17.9. The average Bonchev–Trinajstić information content (AvgIpc) is 3.17. The molecule has 0 radical (unpaired) electrons. The summed E-state index contributed by atoms with van der Waals surface area (Å²) in [6, 6.07) is 7.05. The summed E-state index contributed by atoms with van der Waals surface area (Å²) < 4.78 is 46.5. The van der Waals surface area contributed by atoms with E-state index in [0.717, 1.165) is 54.6 Å². The van der Waals surface area contributed by atoms with Gasteiger partial charge in [-0.3, -0.25) is 9.48 Å². The summed E-state index contributed by atoms with van der Waals surface area (Å²) in [5.74, 6) is 0.389. The number of fused-ring (bicyclic) bond motifs is 1. The minimum absolute atomic E-state index is 0.325. The van der Waals surface area contributed by atoms with Crippen molar-refractivity contribution in [1.29, 1.82) is 0 Å². The molecule has 0 aliphatic heterocycles. The molecule has 1 fully saturated rings. The van der Waals surface area contributed by atoms with Crippen LogP contribution in [-0.2, 0) is 6.18 Å². The van der Waals surface area contributed by atoms with Crippen molar-refractivity contribution in [3.05, 3.63) is 47.9 Å². The number of nitrogens with zero attached hydrogens (tertiary/aromatic N) is 3. The number of alkyl halides is 3. The van der Waals surface area contributed by atoms with E-state index in [2.05, 4.69) is 17.2 Å². The van der Waals surface area contributed by atoms with E-state index in [-0.39, 0.29) is 5.69 Å². The van der Waals surface area contributed by atoms with Gasteiger partial charge in [0.25, 0.3) is 5.91 Å². The molecule has 1 N–H and O–H groups in total. The lowest BCUT2D eigenvalue weighted by Crippen LogP contribution is -2.17. The van der Waals surface area contributed by atoms with E-state index in [4.69, 9.17) is 9.84 Å². The fraction of sp³-hybridized carbons (Fsp3) is 0.435. The van der Waals surface area contributed by atoms with Gasteiger partial charge in [0.1, 0.15) is 17.1 Å². The topological polar surface area (TPSA) is 69.0 Å². The first-order valence-corrected chi connectivity index (χ1v) is 10.8. The van der Waals surface area contributed by atoms with Crippen LogP contribution in [0.15, 0.2) is 36.5 Å². The van der Waals surface area contributed by atoms with E-state index in [0.29, 0.717) is 24.1 Å². The van der Waals surface area contributed by atoms with Gasteiger partial charge in [-0.2, -0.15) is 18.3 Å². The number of benzene rings is 1. The minimum atomic E-state index is -4.63. The number of nitrogens with one attached hydrogen (secondary N) is 1. The molecule has 1 aromatic carbocycles. The largest absolute Gasteiger partial charge is 0.492 e. The second-order valence-corrected chi connectivity index (χ2v) is 8.22. The van der Waals surface area contributed by atoms with E-state index in [1.165, 1.54) is 6.07 Å². The number of anilines is 1. The SMILES string of the molecule is CCOc1cc2nn(C3CCC(C)CC3)cc2cc1NC(=O)c1cccc(C(F)(F)F)n1. The molecule has 1 aliphatic carbocycles. The Morgan fingerprint density at radius 1 is 1.22 bits per heavy atom. The van der Waals surface area contributed by atoms with Gasteiger partial charge < -0.3 is 10.1 Å². The number of rotatable bonds is 5. The maximum atomic E-state index is 13.0. The number of pyridine rings is 1. The lowest BCUT2D eigenvalue weighted by atomic mass is 9.87. The lowest BCUT2D eigenvalue weighted by Gasteiger charge is -2.26. The molecule has 6 nitrogen and oxygen atoms in total. The highest BCUT2D eigenvalue weighted by molar-refractivity contribution is 6.05. The quantitative estimate of drug-likeness (QED) is 0.534. The first kappa shape index (κ1) is 22.1. The normalized spacial score (nSPS) is 19.2. The molecule has 1 amide bonds. The van der Waals surface area contributed by atoms with E-state index >= 15 is 0 Å². The van der Waals surface area contributed by atoms with Crippen LogP contribution in [0, 0.1) is 5.92 Å². The van der Waals surface area contributed by atoms with Crippen LogP contribution in [0.1, 0.15) is 61.8 Å². The maximum Gasteiger partial charge on any atom is 0.433 e. The molecular formula is C23H25F3N4O2. The van der Waals surface area contributed by atoms with Crippen LogP contribution in [0.25, 0.3) is 10.9 Å². The highest BCUT2D eigenvalue weighted by atomic mass is 19.4. The van der Waals surface area contributed by atoms with Crippen LogP contribution < -0.4 is 10.1 Å². The fourth-order valence-corrected chi connectivity index (χ4v) is 4.04. The molecule has 3 aromatic rings. The van der Waals surface area contributed by atoms with Gasteiger partial charge in [0.05, 0.1) is 23.9 Å². The molecule has 0 atom stereocenters. The summed E-state index contributed by atoms with van der Waals surface area (Å²) in [5.41, 5.74) is -0.342. The number of carbonyl (C=O) groups is 1. The zero-order chi connectivity index (χ0) is 22.9. The van der Waals surface area contributed by atoms with Crippen molar-refractivity contribution >= 4 is 22.5 Å². The minimum Gasteiger partial charge on any atom is -0.492 e. The van der Waals surface area contributed by atoms with Crippen LogP contribution in [-0.4, -0.2) is 27.3 Å². The molecule has 9 heteroatoms. The molecule has 0 unspecified atom stereocenters. The number of ether oxygens (including phenoxy) is 1. The Kier molecular flexibility index (Phi) is 6.08. The van der Waals surface area contributed by atoms with Gasteiger partial charge in [-0.25, -0.2) is 4.98 Å². The second kappa shape index (κ2) is 8.80. The van der Waals surface area contributed by atoms with Crippen LogP contribution >= 0.6 is 0 Å².